The summed E-state index contributed by atoms with van der Waals surface area (Å²) in [5.41, 5.74) is 5.82. The van der Waals surface area contributed by atoms with Crippen molar-refractivity contribution < 1.29 is 18.3 Å². The molecule has 0 atom stereocenters. The van der Waals surface area contributed by atoms with E-state index in [2.05, 4.69) is 4.74 Å². The van der Waals surface area contributed by atoms with Crippen molar-refractivity contribution >= 4 is 17.5 Å². The van der Waals surface area contributed by atoms with Gasteiger partial charge in [0.05, 0.1) is 5.56 Å². The number of likely N-dealkylation sites (tertiary alicyclic amines) is 1. The van der Waals surface area contributed by atoms with Gasteiger partial charge in [-0.2, -0.15) is 8.78 Å². The molecule has 1 saturated heterocycles. The van der Waals surface area contributed by atoms with Crippen molar-refractivity contribution in [1.82, 2.24) is 4.90 Å². The van der Waals surface area contributed by atoms with E-state index in [1.807, 2.05) is 0 Å². The number of benzene rings is 1. The highest BCUT2D eigenvalue weighted by Crippen LogP contribution is 2.26. The fourth-order valence-electron chi connectivity index (χ4n) is 2.14. The van der Waals surface area contributed by atoms with Crippen LogP contribution in [0.3, 0.4) is 0 Å². The van der Waals surface area contributed by atoms with Gasteiger partial charge in [-0.05, 0) is 31.0 Å². The lowest BCUT2D eigenvalue weighted by Gasteiger charge is -2.30. The summed E-state index contributed by atoms with van der Waals surface area (Å²) in [4.78, 5) is 13.9. The van der Waals surface area contributed by atoms with E-state index in [4.69, 9.17) is 17.3 Å². The number of nitrogens with two attached hydrogens (primary N) is 1. The summed E-state index contributed by atoms with van der Waals surface area (Å²) in [6.45, 7) is -1.99. The Morgan fingerprint density at radius 2 is 2.05 bits per heavy atom. The Hall–Kier alpha value is -1.40. The van der Waals surface area contributed by atoms with Crippen LogP contribution < -0.4 is 10.5 Å². The summed E-state index contributed by atoms with van der Waals surface area (Å²) in [6, 6.07) is 4.10. The van der Waals surface area contributed by atoms with Crippen LogP contribution in [0.25, 0.3) is 0 Å². The summed E-state index contributed by atoms with van der Waals surface area (Å²) in [7, 11) is 0. The van der Waals surface area contributed by atoms with Gasteiger partial charge in [-0.1, -0.05) is 11.6 Å². The topological polar surface area (TPSA) is 55.6 Å². The zero-order chi connectivity index (χ0) is 14.7. The van der Waals surface area contributed by atoms with Crippen molar-refractivity contribution in [2.75, 3.05) is 13.1 Å². The summed E-state index contributed by atoms with van der Waals surface area (Å²) in [5.74, 6) is -0.528. The molecule has 0 saturated carbocycles. The second-order valence-corrected chi connectivity index (χ2v) is 5.09. The summed E-state index contributed by atoms with van der Waals surface area (Å²) >= 11 is 5.83. The second kappa shape index (κ2) is 6.37. The van der Waals surface area contributed by atoms with Crippen molar-refractivity contribution in [3.63, 3.8) is 0 Å². The number of rotatable bonds is 3. The van der Waals surface area contributed by atoms with Crippen LogP contribution in [0, 0.1) is 0 Å². The molecule has 1 aromatic carbocycles. The maximum Gasteiger partial charge on any atom is 0.387 e. The second-order valence-electron chi connectivity index (χ2n) is 4.65. The first kappa shape index (κ1) is 15.0. The maximum absolute atomic E-state index is 12.4. The zero-order valence-corrected chi connectivity index (χ0v) is 11.4. The van der Waals surface area contributed by atoms with Gasteiger partial charge in [0.15, 0.2) is 0 Å². The van der Waals surface area contributed by atoms with Crippen LogP contribution in [0.1, 0.15) is 23.2 Å². The molecule has 1 aliphatic heterocycles. The Morgan fingerprint density at radius 3 is 2.65 bits per heavy atom. The number of hydrogen-bond acceptors (Lipinski definition) is 3. The van der Waals surface area contributed by atoms with E-state index in [0.717, 1.165) is 0 Å². The molecule has 2 N–H and O–H groups in total. The van der Waals surface area contributed by atoms with E-state index in [9.17, 15) is 13.6 Å². The Kier molecular flexibility index (Phi) is 4.77. The molecule has 110 valence electrons. The van der Waals surface area contributed by atoms with E-state index < -0.39 is 6.61 Å². The minimum absolute atomic E-state index is 0.0493. The number of hydrogen-bond donors (Lipinski definition) is 1. The summed E-state index contributed by atoms with van der Waals surface area (Å²) in [5, 5.41) is 0.295. The van der Waals surface area contributed by atoms with Gasteiger partial charge in [-0.15, -0.1) is 0 Å². The van der Waals surface area contributed by atoms with Gasteiger partial charge in [0.25, 0.3) is 5.91 Å². The number of piperidine rings is 1. The molecule has 2 rings (SSSR count). The fourth-order valence-corrected chi connectivity index (χ4v) is 2.31. The standard InChI is InChI=1S/C13H15ClF2N2O2/c14-8-1-2-11(20-13(15)16)10(7-8)12(19)18-5-3-9(17)4-6-18/h1-2,7,9,13H,3-6,17H2. The van der Waals surface area contributed by atoms with Crippen LogP contribution in [-0.2, 0) is 0 Å². The average molecular weight is 305 g/mol. The van der Waals surface area contributed by atoms with Crippen LogP contribution in [0.15, 0.2) is 18.2 Å². The van der Waals surface area contributed by atoms with Crippen LogP contribution in [0.5, 0.6) is 5.75 Å². The highest BCUT2D eigenvalue weighted by atomic mass is 35.5. The predicted octanol–water partition coefficient (Wildman–Crippen LogP) is 2.50. The molecule has 0 unspecified atom stereocenters. The van der Waals surface area contributed by atoms with Gasteiger partial charge in [0.2, 0.25) is 0 Å². The first-order valence-electron chi connectivity index (χ1n) is 6.26. The van der Waals surface area contributed by atoms with E-state index in [1.54, 1.807) is 4.90 Å². The zero-order valence-electron chi connectivity index (χ0n) is 10.7. The minimum Gasteiger partial charge on any atom is -0.434 e. The third-order valence-corrected chi connectivity index (χ3v) is 3.45. The number of carbonyl (C=O) groups is 1. The van der Waals surface area contributed by atoms with E-state index >= 15 is 0 Å². The van der Waals surface area contributed by atoms with E-state index in [-0.39, 0.29) is 23.3 Å². The lowest BCUT2D eigenvalue weighted by atomic mass is 10.0. The molecule has 4 nitrogen and oxygen atoms in total. The number of ether oxygens (including phenoxy) is 1. The van der Waals surface area contributed by atoms with Crippen molar-refractivity contribution in [2.45, 2.75) is 25.5 Å². The van der Waals surface area contributed by atoms with Crippen LogP contribution in [0.4, 0.5) is 8.78 Å². The number of alkyl halides is 2. The normalized spacial score (nSPS) is 16.6. The molecule has 1 fully saturated rings. The fraction of sp³-hybridized carbons (Fsp3) is 0.462. The molecular weight excluding hydrogens is 290 g/mol. The van der Waals surface area contributed by atoms with Gasteiger partial charge in [0.1, 0.15) is 5.75 Å². The highest BCUT2D eigenvalue weighted by molar-refractivity contribution is 6.31. The van der Waals surface area contributed by atoms with Gasteiger partial charge in [-0.25, -0.2) is 0 Å². The first-order chi connectivity index (χ1) is 9.47. The molecule has 1 heterocycles. The van der Waals surface area contributed by atoms with Gasteiger partial charge in [-0.3, -0.25) is 4.79 Å². The molecule has 7 heteroatoms. The Labute approximate surface area is 120 Å². The smallest absolute Gasteiger partial charge is 0.387 e. The largest absolute Gasteiger partial charge is 0.434 e. The Bertz CT molecular complexity index is 491. The maximum atomic E-state index is 12.4. The quantitative estimate of drug-likeness (QED) is 0.933. The van der Waals surface area contributed by atoms with Gasteiger partial charge < -0.3 is 15.4 Å². The van der Waals surface area contributed by atoms with E-state index in [1.165, 1.54) is 18.2 Å². The minimum atomic E-state index is -2.99. The third-order valence-electron chi connectivity index (χ3n) is 3.21. The summed E-state index contributed by atoms with van der Waals surface area (Å²) in [6.07, 6.45) is 1.38. The van der Waals surface area contributed by atoms with Gasteiger partial charge in [0, 0.05) is 24.2 Å². The monoisotopic (exact) mass is 304 g/mol. The molecule has 1 aromatic rings. The Morgan fingerprint density at radius 1 is 1.40 bits per heavy atom. The lowest BCUT2D eigenvalue weighted by molar-refractivity contribution is -0.0503. The molecule has 0 spiro atoms. The van der Waals surface area contributed by atoms with Gasteiger partial charge >= 0.3 is 6.61 Å². The highest BCUT2D eigenvalue weighted by Gasteiger charge is 2.25. The molecule has 1 amide bonds. The summed E-state index contributed by atoms with van der Waals surface area (Å²) < 4.78 is 29.1. The molecule has 0 radical (unpaired) electrons. The molecule has 0 aliphatic carbocycles. The SMILES string of the molecule is NC1CCN(C(=O)c2cc(Cl)ccc2OC(F)F)CC1. The average Bonchev–Trinajstić information content (AvgIpc) is 2.40. The van der Waals surface area contributed by atoms with Crippen molar-refractivity contribution in [3.05, 3.63) is 28.8 Å². The molecule has 0 aromatic heterocycles. The van der Waals surface area contributed by atoms with Crippen molar-refractivity contribution in [1.29, 1.82) is 0 Å². The lowest BCUT2D eigenvalue weighted by Crippen LogP contribution is -2.43. The van der Waals surface area contributed by atoms with Crippen molar-refractivity contribution in [2.24, 2.45) is 5.73 Å². The number of amides is 1. The third kappa shape index (κ3) is 3.58. The van der Waals surface area contributed by atoms with Crippen molar-refractivity contribution in [3.8, 4) is 5.75 Å². The van der Waals surface area contributed by atoms with Crippen LogP contribution in [0.2, 0.25) is 5.02 Å². The Balaban J connectivity index is 2.21. The molecule has 20 heavy (non-hydrogen) atoms. The molecule has 0 bridgehead atoms. The molecule has 1 aliphatic rings. The molecular formula is C13H15ClF2N2O2. The number of carbonyl (C=O) groups excluding carboxylic acids is 1. The van der Waals surface area contributed by atoms with Crippen LogP contribution >= 0.6 is 11.6 Å². The predicted molar refractivity (Wildman–Crippen MR) is 71.2 cm³/mol. The van der Waals surface area contributed by atoms with Crippen LogP contribution in [-0.4, -0.2) is 36.5 Å². The van der Waals surface area contributed by atoms with E-state index in [0.29, 0.717) is 31.0 Å². The first-order valence-corrected chi connectivity index (χ1v) is 6.64. The number of nitrogens with zero attached hydrogens (tertiary/aromatic N) is 1. The number of halogens is 3.